The topological polar surface area (TPSA) is 89.9 Å². The molecule has 1 atom stereocenters. The van der Waals surface area contributed by atoms with E-state index in [-0.39, 0.29) is 10.5 Å². The van der Waals surface area contributed by atoms with Crippen LogP contribution in [0.2, 0.25) is 0 Å². The van der Waals surface area contributed by atoms with Crippen molar-refractivity contribution in [2.45, 2.75) is 30.6 Å². The Hall–Kier alpha value is -2.58. The van der Waals surface area contributed by atoms with Gasteiger partial charge in [-0.1, -0.05) is 18.2 Å². The molecule has 31 heavy (non-hydrogen) atoms. The zero-order chi connectivity index (χ0) is 21.8. The molecule has 2 aromatic carbocycles. The van der Waals surface area contributed by atoms with Crippen molar-refractivity contribution in [1.82, 2.24) is 4.90 Å². The fourth-order valence-corrected chi connectivity index (χ4v) is 5.68. The van der Waals surface area contributed by atoms with Gasteiger partial charge in [-0.05, 0) is 75.0 Å². The van der Waals surface area contributed by atoms with E-state index in [4.69, 9.17) is 0 Å². The fraction of sp³-hybridized carbons (Fsp3) is 0.435. The van der Waals surface area contributed by atoms with Gasteiger partial charge in [0.2, 0.25) is 0 Å². The number of hydrogen-bond acceptors (Lipinski definition) is 5. The normalized spacial score (nSPS) is 20.0. The quantitative estimate of drug-likeness (QED) is 0.681. The molecule has 0 bridgehead atoms. The second kappa shape index (κ2) is 9.28. The minimum absolute atomic E-state index is 0.0557. The second-order valence-electron chi connectivity index (χ2n) is 8.42. The summed E-state index contributed by atoms with van der Waals surface area (Å²) < 4.78 is 28.5. The summed E-state index contributed by atoms with van der Waals surface area (Å²) in [5.41, 5.74) is 1.10. The number of rotatable bonds is 7. The van der Waals surface area contributed by atoms with Gasteiger partial charge in [-0.25, -0.2) is 13.2 Å². The first-order valence-corrected chi connectivity index (χ1v) is 12.3. The van der Waals surface area contributed by atoms with Crippen LogP contribution in [0.25, 0.3) is 0 Å². The third kappa shape index (κ3) is 5.19. The Labute approximate surface area is 183 Å². The van der Waals surface area contributed by atoms with Gasteiger partial charge < -0.3 is 14.9 Å². The lowest BCUT2D eigenvalue weighted by Gasteiger charge is -2.37. The summed E-state index contributed by atoms with van der Waals surface area (Å²) in [5, 5.41) is 9.43. The standard InChI is InChI=1S/C23H29N3O4S/c27-23(28)19-10-11-22(21(15-19)24-31(29,30)20-8-2-1-3-9-20)26-14-6-7-18(17-26)16-25-12-4-5-13-25/h1-3,8-11,15,18,24H,4-7,12-14,16-17H2,(H,27,28)/t18-/m1/s1. The third-order valence-corrected chi connectivity index (χ3v) is 7.50. The van der Waals surface area contributed by atoms with E-state index in [0.29, 0.717) is 11.6 Å². The van der Waals surface area contributed by atoms with E-state index in [2.05, 4.69) is 14.5 Å². The highest BCUT2D eigenvalue weighted by atomic mass is 32.2. The maximum absolute atomic E-state index is 12.9. The number of nitrogens with one attached hydrogen (secondary N) is 1. The number of piperidine rings is 1. The average molecular weight is 444 g/mol. The number of carboxylic acids is 1. The first-order valence-electron chi connectivity index (χ1n) is 10.8. The highest BCUT2D eigenvalue weighted by Gasteiger charge is 2.26. The molecule has 2 aliphatic heterocycles. The summed E-state index contributed by atoms with van der Waals surface area (Å²) in [6.07, 6.45) is 4.71. The molecule has 2 heterocycles. The molecule has 2 aliphatic rings. The Kier molecular flexibility index (Phi) is 6.48. The predicted molar refractivity (Wildman–Crippen MR) is 121 cm³/mol. The van der Waals surface area contributed by atoms with Crippen molar-refractivity contribution in [3.05, 3.63) is 54.1 Å². The predicted octanol–water partition coefficient (Wildman–Crippen LogP) is 3.50. The molecule has 166 valence electrons. The average Bonchev–Trinajstić information content (AvgIpc) is 3.27. The molecule has 2 saturated heterocycles. The van der Waals surface area contributed by atoms with Crippen LogP contribution in [0.1, 0.15) is 36.0 Å². The van der Waals surface area contributed by atoms with Crippen molar-refractivity contribution in [3.8, 4) is 0 Å². The highest BCUT2D eigenvalue weighted by Crippen LogP contribution is 2.33. The molecule has 4 rings (SSSR count). The number of nitrogens with zero attached hydrogens (tertiary/aromatic N) is 2. The largest absolute Gasteiger partial charge is 0.478 e. The molecular weight excluding hydrogens is 414 g/mol. The Morgan fingerprint density at radius 3 is 2.48 bits per heavy atom. The zero-order valence-corrected chi connectivity index (χ0v) is 18.4. The molecule has 0 aliphatic carbocycles. The molecule has 0 unspecified atom stereocenters. The molecule has 2 fully saturated rings. The number of likely N-dealkylation sites (tertiary alicyclic amines) is 1. The number of aromatic carboxylic acids is 1. The number of hydrogen-bond donors (Lipinski definition) is 2. The lowest BCUT2D eigenvalue weighted by molar-refractivity contribution is 0.0697. The van der Waals surface area contributed by atoms with E-state index in [1.807, 2.05) is 0 Å². The third-order valence-electron chi connectivity index (χ3n) is 6.12. The number of benzene rings is 2. The van der Waals surface area contributed by atoms with Crippen molar-refractivity contribution in [2.75, 3.05) is 42.3 Å². The van der Waals surface area contributed by atoms with Crippen LogP contribution in [-0.4, -0.2) is 57.1 Å². The van der Waals surface area contributed by atoms with E-state index in [0.717, 1.165) is 51.3 Å². The van der Waals surface area contributed by atoms with E-state index >= 15 is 0 Å². The minimum Gasteiger partial charge on any atom is -0.478 e. The first kappa shape index (κ1) is 21.6. The second-order valence-corrected chi connectivity index (χ2v) is 10.1. The van der Waals surface area contributed by atoms with Gasteiger partial charge in [0, 0.05) is 19.6 Å². The van der Waals surface area contributed by atoms with Crippen LogP contribution in [0.3, 0.4) is 0 Å². The minimum atomic E-state index is -3.83. The summed E-state index contributed by atoms with van der Waals surface area (Å²) in [7, 11) is -3.83. The van der Waals surface area contributed by atoms with Crippen molar-refractivity contribution < 1.29 is 18.3 Å². The van der Waals surface area contributed by atoms with Gasteiger partial charge >= 0.3 is 5.97 Å². The van der Waals surface area contributed by atoms with Gasteiger partial charge in [0.15, 0.2) is 0 Å². The van der Waals surface area contributed by atoms with Crippen LogP contribution in [0.4, 0.5) is 11.4 Å². The maximum Gasteiger partial charge on any atom is 0.335 e. The maximum atomic E-state index is 12.9. The summed E-state index contributed by atoms with van der Waals surface area (Å²) >= 11 is 0. The van der Waals surface area contributed by atoms with Crippen LogP contribution in [-0.2, 0) is 10.0 Å². The molecule has 0 aromatic heterocycles. The van der Waals surface area contributed by atoms with Gasteiger partial charge in [-0.2, -0.15) is 0 Å². The number of anilines is 2. The molecule has 0 amide bonds. The smallest absolute Gasteiger partial charge is 0.335 e. The van der Waals surface area contributed by atoms with Gasteiger partial charge in [-0.3, -0.25) is 4.72 Å². The SMILES string of the molecule is O=C(O)c1ccc(N2CCC[C@H](CN3CCCC3)C2)c(NS(=O)(=O)c2ccccc2)c1. The van der Waals surface area contributed by atoms with Crippen LogP contribution >= 0.6 is 0 Å². The molecular formula is C23H29N3O4S. The first-order chi connectivity index (χ1) is 14.9. The molecule has 2 N–H and O–H groups in total. The molecule has 8 heteroatoms. The van der Waals surface area contributed by atoms with Crippen molar-refractivity contribution in [2.24, 2.45) is 5.92 Å². The lowest BCUT2D eigenvalue weighted by atomic mass is 9.96. The van der Waals surface area contributed by atoms with Crippen LogP contribution in [0, 0.1) is 5.92 Å². The van der Waals surface area contributed by atoms with Gasteiger partial charge in [-0.15, -0.1) is 0 Å². The molecule has 0 spiro atoms. The number of carboxylic acid groups (broad SMARTS) is 1. The van der Waals surface area contributed by atoms with E-state index in [1.54, 1.807) is 30.3 Å². The van der Waals surface area contributed by atoms with E-state index in [9.17, 15) is 18.3 Å². The summed E-state index contributed by atoms with van der Waals surface area (Å²) in [5.74, 6) is -0.568. The Balaban J connectivity index is 1.60. The van der Waals surface area contributed by atoms with Gasteiger partial charge in [0.25, 0.3) is 10.0 Å². The molecule has 0 radical (unpaired) electrons. The van der Waals surface area contributed by atoms with Crippen molar-refractivity contribution in [3.63, 3.8) is 0 Å². The summed E-state index contributed by atoms with van der Waals surface area (Å²) in [6.45, 7) is 5.04. The summed E-state index contributed by atoms with van der Waals surface area (Å²) in [6, 6.07) is 12.8. The van der Waals surface area contributed by atoms with Crippen LogP contribution in [0.15, 0.2) is 53.4 Å². The van der Waals surface area contributed by atoms with Crippen molar-refractivity contribution >= 4 is 27.4 Å². The lowest BCUT2D eigenvalue weighted by Crippen LogP contribution is -2.40. The molecule has 7 nitrogen and oxygen atoms in total. The van der Waals surface area contributed by atoms with Crippen LogP contribution < -0.4 is 9.62 Å². The monoisotopic (exact) mass is 443 g/mol. The Bertz CT molecular complexity index is 1020. The molecule has 0 saturated carbocycles. The Morgan fingerprint density at radius 1 is 1.03 bits per heavy atom. The number of carbonyl (C=O) groups is 1. The summed E-state index contributed by atoms with van der Waals surface area (Å²) in [4.78, 5) is 16.4. The van der Waals surface area contributed by atoms with Gasteiger partial charge in [0.05, 0.1) is 21.8 Å². The fourth-order valence-electron chi connectivity index (χ4n) is 4.59. The number of sulfonamides is 1. The van der Waals surface area contributed by atoms with E-state index < -0.39 is 16.0 Å². The Morgan fingerprint density at radius 2 is 1.77 bits per heavy atom. The zero-order valence-electron chi connectivity index (χ0n) is 17.5. The van der Waals surface area contributed by atoms with Crippen LogP contribution in [0.5, 0.6) is 0 Å². The molecule has 2 aromatic rings. The highest BCUT2D eigenvalue weighted by molar-refractivity contribution is 7.92. The van der Waals surface area contributed by atoms with Crippen molar-refractivity contribution in [1.29, 1.82) is 0 Å². The van der Waals surface area contributed by atoms with E-state index in [1.165, 1.54) is 31.0 Å². The van der Waals surface area contributed by atoms with Gasteiger partial charge in [0.1, 0.15) is 0 Å².